The third kappa shape index (κ3) is 3.31. The van der Waals surface area contributed by atoms with E-state index >= 15 is 0 Å². The summed E-state index contributed by atoms with van der Waals surface area (Å²) in [5.41, 5.74) is 4.43. The van der Waals surface area contributed by atoms with Crippen molar-refractivity contribution in [2.75, 3.05) is 0 Å². The number of hydrogen-bond acceptors (Lipinski definition) is 6. The van der Waals surface area contributed by atoms with E-state index in [-0.39, 0.29) is 5.91 Å². The number of hydrogen-bond donors (Lipinski definition) is 1. The summed E-state index contributed by atoms with van der Waals surface area (Å²) >= 11 is 0. The maximum Gasteiger partial charge on any atom is 0.254 e. The van der Waals surface area contributed by atoms with Crippen molar-refractivity contribution in [2.24, 2.45) is 0 Å². The fraction of sp³-hybridized carbons (Fsp3) is 0.0952. The highest BCUT2D eigenvalue weighted by Gasteiger charge is 2.10. The normalized spacial score (nSPS) is 11.2. The smallest absolute Gasteiger partial charge is 0.254 e. The van der Waals surface area contributed by atoms with Gasteiger partial charge >= 0.3 is 0 Å². The number of oxazole rings is 1. The number of rotatable bonds is 4. The molecule has 1 amide bonds. The zero-order chi connectivity index (χ0) is 19.8. The summed E-state index contributed by atoms with van der Waals surface area (Å²) in [6.07, 6.45) is 6.61. The number of aromatic nitrogens is 5. The molecule has 0 spiro atoms. The van der Waals surface area contributed by atoms with E-state index in [1.165, 1.54) is 6.20 Å². The van der Waals surface area contributed by atoms with Crippen LogP contribution in [0.4, 0.5) is 0 Å². The monoisotopic (exact) mass is 384 g/mol. The molecule has 5 rings (SSSR count). The molecule has 0 saturated carbocycles. The van der Waals surface area contributed by atoms with E-state index in [2.05, 4.69) is 25.3 Å². The lowest BCUT2D eigenvalue weighted by molar-refractivity contribution is 0.0950. The number of nitrogens with zero attached hydrogens (tertiary/aromatic N) is 5. The zero-order valence-electron chi connectivity index (χ0n) is 15.5. The molecular formula is C21H16N6O2. The minimum Gasteiger partial charge on any atom is -0.418 e. The van der Waals surface area contributed by atoms with E-state index < -0.39 is 0 Å². The predicted octanol–water partition coefficient (Wildman–Crippen LogP) is 3.17. The average molecular weight is 384 g/mol. The van der Waals surface area contributed by atoms with E-state index in [1.807, 2.05) is 43.3 Å². The van der Waals surface area contributed by atoms with Gasteiger partial charge in [0.1, 0.15) is 5.52 Å². The van der Waals surface area contributed by atoms with Crippen LogP contribution in [0.3, 0.4) is 0 Å². The summed E-state index contributed by atoms with van der Waals surface area (Å²) in [6.45, 7) is 2.31. The average Bonchev–Trinajstić information content (AvgIpc) is 3.38. The summed E-state index contributed by atoms with van der Waals surface area (Å²) in [4.78, 5) is 29.4. The number of carbonyl (C=O) groups is 1. The minimum atomic E-state index is -0.197. The van der Waals surface area contributed by atoms with Gasteiger partial charge in [-0.05, 0) is 36.8 Å². The molecule has 8 nitrogen and oxygen atoms in total. The number of amides is 1. The van der Waals surface area contributed by atoms with Crippen molar-refractivity contribution in [2.45, 2.75) is 13.5 Å². The zero-order valence-corrected chi connectivity index (χ0v) is 15.5. The van der Waals surface area contributed by atoms with Crippen LogP contribution in [0, 0.1) is 6.92 Å². The summed E-state index contributed by atoms with van der Waals surface area (Å²) in [6, 6.07) is 11.5. The first-order valence-electron chi connectivity index (χ1n) is 9.06. The molecule has 0 aliphatic carbocycles. The number of carbonyl (C=O) groups excluding carboxylic acids is 1. The SMILES string of the molecule is Cc1ccc2nc(-c3ccc(CNC(=O)c4cnc5nccn5c4)cc3)oc2n1. The van der Waals surface area contributed by atoms with Crippen LogP contribution in [0.25, 0.3) is 28.5 Å². The number of pyridine rings is 1. The van der Waals surface area contributed by atoms with Gasteiger partial charge in [-0.15, -0.1) is 0 Å². The molecule has 1 N–H and O–H groups in total. The van der Waals surface area contributed by atoms with Crippen molar-refractivity contribution in [3.05, 3.63) is 78.0 Å². The molecule has 0 aliphatic rings. The molecule has 1 aromatic carbocycles. The van der Waals surface area contributed by atoms with E-state index in [0.717, 1.165) is 22.3 Å². The highest BCUT2D eigenvalue weighted by atomic mass is 16.4. The second kappa shape index (κ2) is 6.83. The van der Waals surface area contributed by atoms with Crippen molar-refractivity contribution in [3.63, 3.8) is 0 Å². The summed E-state index contributed by atoms with van der Waals surface area (Å²) in [5.74, 6) is 0.882. The summed E-state index contributed by atoms with van der Waals surface area (Å²) in [7, 11) is 0. The molecule has 0 unspecified atom stereocenters. The Balaban J connectivity index is 1.29. The van der Waals surface area contributed by atoms with Gasteiger partial charge in [0.05, 0.1) is 5.56 Å². The van der Waals surface area contributed by atoms with Crippen LogP contribution in [0.5, 0.6) is 0 Å². The number of imidazole rings is 1. The molecular weight excluding hydrogens is 368 g/mol. The molecule has 4 aromatic heterocycles. The van der Waals surface area contributed by atoms with E-state index in [4.69, 9.17) is 4.42 Å². The second-order valence-electron chi connectivity index (χ2n) is 6.65. The van der Waals surface area contributed by atoms with Crippen LogP contribution >= 0.6 is 0 Å². The number of fused-ring (bicyclic) bond motifs is 2. The highest BCUT2D eigenvalue weighted by Crippen LogP contribution is 2.23. The molecule has 142 valence electrons. The Morgan fingerprint density at radius 1 is 1.10 bits per heavy atom. The van der Waals surface area contributed by atoms with Crippen LogP contribution in [0.1, 0.15) is 21.6 Å². The quantitative estimate of drug-likeness (QED) is 0.511. The largest absolute Gasteiger partial charge is 0.418 e. The Morgan fingerprint density at radius 3 is 2.83 bits per heavy atom. The van der Waals surface area contributed by atoms with Gasteiger partial charge in [0, 0.05) is 42.6 Å². The van der Waals surface area contributed by atoms with Gasteiger partial charge in [-0.1, -0.05) is 12.1 Å². The predicted molar refractivity (Wildman–Crippen MR) is 106 cm³/mol. The standard InChI is InChI=1S/C21H16N6O2/c1-13-2-7-17-20(25-13)29-19(26-17)15-5-3-14(4-6-15)10-23-18(28)16-11-24-21-22-8-9-27(21)12-16/h2-9,11-12H,10H2,1H3,(H,23,28). The van der Waals surface area contributed by atoms with Crippen LogP contribution in [-0.4, -0.2) is 30.2 Å². The first-order chi connectivity index (χ1) is 14.2. The molecule has 0 bridgehead atoms. The number of benzene rings is 1. The Hall–Kier alpha value is -4.07. The first-order valence-corrected chi connectivity index (χ1v) is 9.06. The van der Waals surface area contributed by atoms with Crippen molar-refractivity contribution >= 4 is 22.9 Å². The van der Waals surface area contributed by atoms with E-state index in [9.17, 15) is 4.79 Å². The molecule has 29 heavy (non-hydrogen) atoms. The van der Waals surface area contributed by atoms with Gasteiger partial charge in [0.15, 0.2) is 0 Å². The van der Waals surface area contributed by atoms with Crippen molar-refractivity contribution < 1.29 is 9.21 Å². The topological polar surface area (TPSA) is 98.2 Å². The Morgan fingerprint density at radius 2 is 1.97 bits per heavy atom. The lowest BCUT2D eigenvalue weighted by atomic mass is 10.1. The van der Waals surface area contributed by atoms with E-state index in [0.29, 0.717) is 29.5 Å². The summed E-state index contributed by atoms with van der Waals surface area (Å²) < 4.78 is 7.46. The van der Waals surface area contributed by atoms with Crippen LogP contribution < -0.4 is 5.32 Å². The Kier molecular flexibility index (Phi) is 4.02. The molecule has 0 atom stereocenters. The molecule has 0 saturated heterocycles. The number of nitrogens with one attached hydrogen (secondary N) is 1. The van der Waals surface area contributed by atoms with Crippen LogP contribution in [0.2, 0.25) is 0 Å². The van der Waals surface area contributed by atoms with Crippen molar-refractivity contribution in [1.29, 1.82) is 0 Å². The van der Waals surface area contributed by atoms with Gasteiger partial charge < -0.3 is 9.73 Å². The molecule has 4 heterocycles. The second-order valence-corrected chi connectivity index (χ2v) is 6.65. The molecule has 8 heteroatoms. The Labute approximate surface area is 165 Å². The highest BCUT2D eigenvalue weighted by molar-refractivity contribution is 5.93. The minimum absolute atomic E-state index is 0.197. The van der Waals surface area contributed by atoms with Gasteiger partial charge in [-0.2, -0.15) is 0 Å². The lowest BCUT2D eigenvalue weighted by Crippen LogP contribution is -2.23. The first kappa shape index (κ1) is 17.1. The van der Waals surface area contributed by atoms with Crippen molar-refractivity contribution in [1.82, 2.24) is 29.7 Å². The van der Waals surface area contributed by atoms with Gasteiger partial charge in [-0.3, -0.25) is 9.20 Å². The summed E-state index contributed by atoms with van der Waals surface area (Å²) in [5, 5.41) is 2.90. The van der Waals surface area contributed by atoms with Crippen LogP contribution in [0.15, 0.2) is 65.6 Å². The van der Waals surface area contributed by atoms with Crippen molar-refractivity contribution in [3.8, 4) is 11.5 Å². The third-order valence-electron chi connectivity index (χ3n) is 4.56. The van der Waals surface area contributed by atoms with Gasteiger partial charge in [0.25, 0.3) is 5.91 Å². The molecule has 0 radical (unpaired) electrons. The van der Waals surface area contributed by atoms with Gasteiger partial charge in [-0.25, -0.2) is 19.9 Å². The molecule has 5 aromatic rings. The van der Waals surface area contributed by atoms with Gasteiger partial charge in [0.2, 0.25) is 17.4 Å². The van der Waals surface area contributed by atoms with Crippen LogP contribution in [-0.2, 0) is 6.54 Å². The molecule has 0 fully saturated rings. The fourth-order valence-electron chi connectivity index (χ4n) is 3.02. The van der Waals surface area contributed by atoms with E-state index in [1.54, 1.807) is 23.0 Å². The maximum absolute atomic E-state index is 12.4. The maximum atomic E-state index is 12.4. The third-order valence-corrected chi connectivity index (χ3v) is 4.56. The number of aryl methyl sites for hydroxylation is 1. The lowest BCUT2D eigenvalue weighted by Gasteiger charge is -2.06. The Bertz CT molecular complexity index is 1340. The fourth-order valence-corrected chi connectivity index (χ4v) is 3.02. The molecule has 0 aliphatic heterocycles.